The monoisotopic (exact) mass is 175 g/mol. The number of hydrogen-bond acceptors (Lipinski definition) is 2. The molecule has 0 aliphatic carbocycles. The molecule has 2 heteroatoms. The molecular formula is C11H13NO. The van der Waals surface area contributed by atoms with Crippen molar-refractivity contribution in [3.8, 4) is 0 Å². The van der Waals surface area contributed by atoms with Crippen molar-refractivity contribution in [3.05, 3.63) is 30.3 Å². The van der Waals surface area contributed by atoms with Crippen LogP contribution in [-0.4, -0.2) is 4.98 Å². The summed E-state index contributed by atoms with van der Waals surface area (Å²) in [6.45, 7) is 6.46. The minimum atomic E-state index is 0.103. The molecule has 0 aromatic carbocycles. The van der Waals surface area contributed by atoms with E-state index >= 15 is 0 Å². The second kappa shape index (κ2) is 2.59. The smallest absolute Gasteiger partial charge is 0.152 e. The summed E-state index contributed by atoms with van der Waals surface area (Å²) in [6.07, 6.45) is 3.48. The van der Waals surface area contributed by atoms with Crippen LogP contribution in [0, 0.1) is 0 Å². The summed E-state index contributed by atoms with van der Waals surface area (Å²) in [4.78, 5) is 4.36. The van der Waals surface area contributed by atoms with Crippen molar-refractivity contribution in [3.63, 3.8) is 0 Å². The molecule has 0 aliphatic heterocycles. The highest BCUT2D eigenvalue weighted by molar-refractivity contribution is 5.76. The lowest BCUT2D eigenvalue weighted by atomic mass is 9.91. The minimum absolute atomic E-state index is 0.103. The molecular weight excluding hydrogens is 162 g/mol. The van der Waals surface area contributed by atoms with Gasteiger partial charge in [0.15, 0.2) is 5.58 Å². The molecule has 13 heavy (non-hydrogen) atoms. The first kappa shape index (κ1) is 8.30. The maximum absolute atomic E-state index is 5.22. The van der Waals surface area contributed by atoms with Gasteiger partial charge in [0.25, 0.3) is 0 Å². The predicted molar refractivity (Wildman–Crippen MR) is 52.7 cm³/mol. The van der Waals surface area contributed by atoms with Crippen molar-refractivity contribution in [2.75, 3.05) is 0 Å². The Morgan fingerprint density at radius 1 is 1.31 bits per heavy atom. The average molecular weight is 175 g/mol. The standard InChI is InChI=1S/C11H13NO/c1-11(2,3)10-6-8-4-5-13-9(8)7-12-10/h4-7H,1-3H3. The van der Waals surface area contributed by atoms with Crippen LogP contribution in [0.5, 0.6) is 0 Å². The largest absolute Gasteiger partial charge is 0.463 e. The Kier molecular flexibility index (Phi) is 1.65. The Morgan fingerprint density at radius 2 is 2.08 bits per heavy atom. The number of fused-ring (bicyclic) bond motifs is 1. The molecule has 0 saturated carbocycles. The molecule has 2 aromatic heterocycles. The molecule has 2 heterocycles. The van der Waals surface area contributed by atoms with E-state index in [9.17, 15) is 0 Å². The highest BCUT2D eigenvalue weighted by Crippen LogP contribution is 2.23. The Morgan fingerprint density at radius 3 is 2.77 bits per heavy atom. The fourth-order valence-corrected chi connectivity index (χ4v) is 1.28. The average Bonchev–Trinajstić information content (AvgIpc) is 2.47. The topological polar surface area (TPSA) is 26.0 Å². The van der Waals surface area contributed by atoms with Gasteiger partial charge in [0.1, 0.15) is 0 Å². The Bertz CT molecular complexity index is 423. The highest BCUT2D eigenvalue weighted by Gasteiger charge is 2.15. The van der Waals surface area contributed by atoms with Crippen LogP contribution in [0.15, 0.2) is 29.0 Å². The Labute approximate surface area is 77.6 Å². The van der Waals surface area contributed by atoms with Crippen molar-refractivity contribution in [2.45, 2.75) is 26.2 Å². The van der Waals surface area contributed by atoms with Crippen molar-refractivity contribution >= 4 is 11.0 Å². The van der Waals surface area contributed by atoms with Crippen molar-refractivity contribution in [1.82, 2.24) is 4.98 Å². The number of furan rings is 1. The van der Waals surface area contributed by atoms with Gasteiger partial charge in [-0.1, -0.05) is 20.8 Å². The van der Waals surface area contributed by atoms with Crippen molar-refractivity contribution < 1.29 is 4.42 Å². The summed E-state index contributed by atoms with van der Waals surface area (Å²) in [5.74, 6) is 0. The lowest BCUT2D eigenvalue weighted by molar-refractivity contribution is 0.567. The highest BCUT2D eigenvalue weighted by atomic mass is 16.3. The first-order chi connectivity index (χ1) is 6.07. The van der Waals surface area contributed by atoms with Gasteiger partial charge in [-0.05, 0) is 12.1 Å². The molecule has 0 radical (unpaired) electrons. The first-order valence-electron chi connectivity index (χ1n) is 4.41. The zero-order chi connectivity index (χ0) is 9.47. The summed E-state index contributed by atoms with van der Waals surface area (Å²) in [7, 11) is 0. The SMILES string of the molecule is CC(C)(C)c1cc2ccoc2cn1. The molecule has 2 rings (SSSR count). The molecule has 0 N–H and O–H groups in total. The zero-order valence-corrected chi connectivity index (χ0v) is 8.16. The fourth-order valence-electron chi connectivity index (χ4n) is 1.28. The third-order valence-corrected chi connectivity index (χ3v) is 2.11. The minimum Gasteiger partial charge on any atom is -0.463 e. The predicted octanol–water partition coefficient (Wildman–Crippen LogP) is 3.13. The van der Waals surface area contributed by atoms with E-state index in [0.717, 1.165) is 16.7 Å². The van der Waals surface area contributed by atoms with Crippen molar-refractivity contribution in [2.24, 2.45) is 0 Å². The van der Waals surface area contributed by atoms with E-state index in [1.54, 1.807) is 12.5 Å². The number of aromatic nitrogens is 1. The molecule has 68 valence electrons. The molecule has 0 unspecified atom stereocenters. The van der Waals surface area contributed by atoms with Gasteiger partial charge in [0.05, 0.1) is 12.5 Å². The zero-order valence-electron chi connectivity index (χ0n) is 8.16. The molecule has 0 spiro atoms. The molecule has 0 bridgehead atoms. The summed E-state index contributed by atoms with van der Waals surface area (Å²) < 4.78 is 5.22. The van der Waals surface area contributed by atoms with E-state index in [1.165, 1.54) is 0 Å². The fraction of sp³-hybridized carbons (Fsp3) is 0.364. The summed E-state index contributed by atoms with van der Waals surface area (Å²) in [6, 6.07) is 4.05. The quantitative estimate of drug-likeness (QED) is 0.614. The molecule has 0 amide bonds. The van der Waals surface area contributed by atoms with Crippen LogP contribution >= 0.6 is 0 Å². The third-order valence-electron chi connectivity index (χ3n) is 2.11. The van der Waals surface area contributed by atoms with Crippen LogP contribution in [0.2, 0.25) is 0 Å². The van der Waals surface area contributed by atoms with Crippen LogP contribution < -0.4 is 0 Å². The van der Waals surface area contributed by atoms with Crippen LogP contribution in [0.25, 0.3) is 11.0 Å². The van der Waals surface area contributed by atoms with Crippen LogP contribution in [0.1, 0.15) is 26.5 Å². The van der Waals surface area contributed by atoms with E-state index in [0.29, 0.717) is 0 Å². The van der Waals surface area contributed by atoms with Crippen LogP contribution in [0.3, 0.4) is 0 Å². The third kappa shape index (κ3) is 1.44. The van der Waals surface area contributed by atoms with Crippen LogP contribution in [0.4, 0.5) is 0 Å². The second-order valence-electron chi connectivity index (χ2n) is 4.28. The number of pyridine rings is 1. The van der Waals surface area contributed by atoms with Gasteiger partial charge in [-0.2, -0.15) is 0 Å². The summed E-state index contributed by atoms with van der Waals surface area (Å²) in [5, 5.41) is 1.12. The lowest BCUT2D eigenvalue weighted by Gasteiger charge is -2.16. The maximum atomic E-state index is 5.22. The van der Waals surface area contributed by atoms with Crippen LogP contribution in [-0.2, 0) is 5.41 Å². The molecule has 0 saturated heterocycles. The van der Waals surface area contributed by atoms with Gasteiger partial charge < -0.3 is 4.42 Å². The van der Waals surface area contributed by atoms with Gasteiger partial charge in [0, 0.05) is 16.5 Å². The van der Waals surface area contributed by atoms with Gasteiger partial charge in [-0.15, -0.1) is 0 Å². The summed E-state index contributed by atoms with van der Waals surface area (Å²) >= 11 is 0. The maximum Gasteiger partial charge on any atom is 0.152 e. The van der Waals surface area contributed by atoms with Gasteiger partial charge in [-0.3, -0.25) is 4.98 Å². The molecule has 0 aliphatic rings. The Hall–Kier alpha value is -1.31. The molecule has 2 aromatic rings. The van der Waals surface area contributed by atoms with E-state index in [1.807, 2.05) is 6.07 Å². The Balaban J connectivity index is 2.61. The molecule has 0 fully saturated rings. The number of hydrogen-bond donors (Lipinski definition) is 0. The van der Waals surface area contributed by atoms with Gasteiger partial charge in [-0.25, -0.2) is 0 Å². The molecule has 2 nitrogen and oxygen atoms in total. The van der Waals surface area contributed by atoms with Crippen molar-refractivity contribution in [1.29, 1.82) is 0 Å². The van der Waals surface area contributed by atoms with E-state index in [-0.39, 0.29) is 5.41 Å². The van der Waals surface area contributed by atoms with E-state index < -0.39 is 0 Å². The second-order valence-corrected chi connectivity index (χ2v) is 4.28. The first-order valence-corrected chi connectivity index (χ1v) is 4.41. The number of rotatable bonds is 0. The lowest BCUT2D eigenvalue weighted by Crippen LogP contribution is -2.12. The number of nitrogens with zero attached hydrogens (tertiary/aromatic N) is 1. The van der Waals surface area contributed by atoms with E-state index in [2.05, 4.69) is 31.8 Å². The van der Waals surface area contributed by atoms with Gasteiger partial charge >= 0.3 is 0 Å². The normalized spacial score (nSPS) is 12.2. The van der Waals surface area contributed by atoms with E-state index in [4.69, 9.17) is 4.42 Å². The molecule has 0 atom stereocenters. The van der Waals surface area contributed by atoms with Gasteiger partial charge in [0.2, 0.25) is 0 Å². The summed E-state index contributed by atoms with van der Waals surface area (Å²) in [5.41, 5.74) is 2.06.